The summed E-state index contributed by atoms with van der Waals surface area (Å²) < 4.78 is 0. The summed E-state index contributed by atoms with van der Waals surface area (Å²) in [4.78, 5) is 16.0. The first kappa shape index (κ1) is 12.5. The Morgan fingerprint density at radius 2 is 2.22 bits per heavy atom. The number of carbonyl (C=O) groups is 1. The Morgan fingerprint density at radius 1 is 1.50 bits per heavy atom. The molecule has 3 N–H and O–H groups in total. The fourth-order valence-electron chi connectivity index (χ4n) is 2.12. The number of piperidine rings is 1. The summed E-state index contributed by atoms with van der Waals surface area (Å²) >= 11 is 0. The van der Waals surface area contributed by atoms with Crippen LogP contribution >= 0.6 is 0 Å². The number of nitrogens with zero attached hydrogens (tertiary/aromatic N) is 2. The minimum absolute atomic E-state index is 0.139. The molecule has 1 fully saturated rings. The maximum absolute atomic E-state index is 10.8. The maximum Gasteiger partial charge on any atom is 0.407 e. The number of nitrogens with one attached hydrogen (secondary N) is 1. The van der Waals surface area contributed by atoms with Gasteiger partial charge in [0, 0.05) is 25.8 Å². The highest BCUT2D eigenvalue weighted by Crippen LogP contribution is 2.23. The smallest absolute Gasteiger partial charge is 0.407 e. The summed E-state index contributed by atoms with van der Waals surface area (Å²) in [6.45, 7) is 1.92. The second-order valence-electron chi connectivity index (χ2n) is 4.49. The van der Waals surface area contributed by atoms with Crippen LogP contribution < -0.4 is 5.32 Å². The second-order valence-corrected chi connectivity index (χ2v) is 4.49. The van der Waals surface area contributed by atoms with E-state index >= 15 is 0 Å². The van der Waals surface area contributed by atoms with Crippen molar-refractivity contribution in [2.45, 2.75) is 12.8 Å². The van der Waals surface area contributed by atoms with Gasteiger partial charge in [0.15, 0.2) is 5.75 Å². The fourth-order valence-corrected chi connectivity index (χ4v) is 2.12. The number of likely N-dealkylation sites (tertiary alicyclic amines) is 1. The molecule has 98 valence electrons. The average Bonchev–Trinajstić information content (AvgIpc) is 2.38. The first-order valence-electron chi connectivity index (χ1n) is 6.01. The third kappa shape index (κ3) is 3.03. The van der Waals surface area contributed by atoms with Crippen LogP contribution in [0, 0.1) is 5.92 Å². The number of aromatic nitrogens is 1. The summed E-state index contributed by atoms with van der Waals surface area (Å²) in [5, 5.41) is 21.6. The highest BCUT2D eigenvalue weighted by atomic mass is 16.4. The zero-order chi connectivity index (χ0) is 13.0. The van der Waals surface area contributed by atoms with Gasteiger partial charge in [-0.1, -0.05) is 0 Å². The van der Waals surface area contributed by atoms with Crippen LogP contribution in [0.1, 0.15) is 12.8 Å². The van der Waals surface area contributed by atoms with Gasteiger partial charge in [0.05, 0.1) is 11.9 Å². The Morgan fingerprint density at radius 3 is 2.83 bits per heavy atom. The van der Waals surface area contributed by atoms with Gasteiger partial charge in [0.1, 0.15) is 0 Å². The predicted molar refractivity (Wildman–Crippen MR) is 66.7 cm³/mol. The van der Waals surface area contributed by atoms with Crippen LogP contribution in [-0.4, -0.2) is 45.8 Å². The minimum atomic E-state index is -0.840. The highest BCUT2D eigenvalue weighted by molar-refractivity contribution is 5.65. The van der Waals surface area contributed by atoms with E-state index in [1.165, 1.54) is 11.1 Å². The molecule has 0 radical (unpaired) electrons. The van der Waals surface area contributed by atoms with Gasteiger partial charge in [-0.05, 0) is 24.8 Å². The van der Waals surface area contributed by atoms with Gasteiger partial charge in [-0.2, -0.15) is 0 Å². The molecular formula is C12H17N3O3. The molecule has 6 nitrogen and oxygen atoms in total. The average molecular weight is 251 g/mol. The SMILES string of the molecule is O=C(O)N1CCC(CNc2ccncc2O)CC1. The standard InChI is InChI=1S/C12H17N3O3/c16-11-8-13-4-1-10(11)14-7-9-2-5-15(6-3-9)12(17)18/h1,4,8-9,16H,2-3,5-7H2,(H,13,14)(H,17,18). The van der Waals surface area contributed by atoms with E-state index in [9.17, 15) is 9.90 Å². The van der Waals surface area contributed by atoms with E-state index in [1.807, 2.05) is 0 Å². The van der Waals surface area contributed by atoms with Gasteiger partial charge in [0.2, 0.25) is 0 Å². The van der Waals surface area contributed by atoms with E-state index < -0.39 is 6.09 Å². The van der Waals surface area contributed by atoms with Crippen molar-refractivity contribution in [3.05, 3.63) is 18.5 Å². The Hall–Kier alpha value is -1.98. The van der Waals surface area contributed by atoms with E-state index in [1.54, 1.807) is 12.3 Å². The topological polar surface area (TPSA) is 85.7 Å². The largest absolute Gasteiger partial charge is 0.504 e. The molecule has 1 amide bonds. The van der Waals surface area contributed by atoms with Gasteiger partial charge in [-0.25, -0.2) is 4.79 Å². The summed E-state index contributed by atoms with van der Waals surface area (Å²) in [7, 11) is 0. The van der Waals surface area contributed by atoms with Crippen LogP contribution in [-0.2, 0) is 0 Å². The van der Waals surface area contributed by atoms with Crippen LogP contribution in [0.4, 0.5) is 10.5 Å². The molecular weight excluding hydrogens is 234 g/mol. The normalized spacial score (nSPS) is 16.6. The van der Waals surface area contributed by atoms with Crippen molar-refractivity contribution < 1.29 is 15.0 Å². The Balaban J connectivity index is 1.79. The number of aromatic hydroxyl groups is 1. The molecule has 18 heavy (non-hydrogen) atoms. The van der Waals surface area contributed by atoms with E-state index in [4.69, 9.17) is 5.11 Å². The zero-order valence-corrected chi connectivity index (χ0v) is 10.0. The van der Waals surface area contributed by atoms with Crippen molar-refractivity contribution in [3.63, 3.8) is 0 Å². The number of carboxylic acid groups (broad SMARTS) is 1. The molecule has 1 aromatic rings. The number of amides is 1. The Bertz CT molecular complexity index is 417. The summed E-state index contributed by atoms with van der Waals surface area (Å²) in [5.41, 5.74) is 0.672. The van der Waals surface area contributed by atoms with Crippen molar-refractivity contribution in [1.82, 2.24) is 9.88 Å². The number of anilines is 1. The monoisotopic (exact) mass is 251 g/mol. The lowest BCUT2D eigenvalue weighted by molar-refractivity contribution is 0.126. The van der Waals surface area contributed by atoms with Crippen molar-refractivity contribution >= 4 is 11.8 Å². The molecule has 1 saturated heterocycles. The molecule has 6 heteroatoms. The van der Waals surface area contributed by atoms with E-state index in [2.05, 4.69) is 10.3 Å². The van der Waals surface area contributed by atoms with Crippen LogP contribution in [0.2, 0.25) is 0 Å². The summed E-state index contributed by atoms with van der Waals surface area (Å²) in [6, 6.07) is 1.72. The first-order chi connectivity index (χ1) is 8.66. The lowest BCUT2D eigenvalue weighted by Gasteiger charge is -2.30. The molecule has 0 spiro atoms. The summed E-state index contributed by atoms with van der Waals surface area (Å²) in [6.07, 6.45) is 3.88. The fraction of sp³-hybridized carbons (Fsp3) is 0.500. The first-order valence-corrected chi connectivity index (χ1v) is 6.01. The molecule has 1 aliphatic heterocycles. The van der Waals surface area contributed by atoms with Gasteiger partial charge >= 0.3 is 6.09 Å². The summed E-state index contributed by atoms with van der Waals surface area (Å²) in [5.74, 6) is 0.577. The van der Waals surface area contributed by atoms with Gasteiger partial charge in [-0.15, -0.1) is 0 Å². The molecule has 0 atom stereocenters. The van der Waals surface area contributed by atoms with E-state index in [0.717, 1.165) is 19.4 Å². The van der Waals surface area contributed by atoms with Crippen molar-refractivity contribution in [1.29, 1.82) is 0 Å². The van der Waals surface area contributed by atoms with Crippen LogP contribution in [0.3, 0.4) is 0 Å². The molecule has 0 saturated carbocycles. The number of hydrogen-bond acceptors (Lipinski definition) is 4. The molecule has 0 bridgehead atoms. The lowest BCUT2D eigenvalue weighted by atomic mass is 9.97. The zero-order valence-electron chi connectivity index (χ0n) is 10.0. The van der Waals surface area contributed by atoms with E-state index in [0.29, 0.717) is 24.7 Å². The van der Waals surface area contributed by atoms with Crippen LogP contribution in [0.25, 0.3) is 0 Å². The third-order valence-corrected chi connectivity index (χ3v) is 3.27. The molecule has 2 rings (SSSR count). The molecule has 2 heterocycles. The molecule has 1 aliphatic rings. The number of hydrogen-bond donors (Lipinski definition) is 3. The molecule has 0 unspecified atom stereocenters. The molecule has 1 aromatic heterocycles. The van der Waals surface area contributed by atoms with Crippen molar-refractivity contribution in [2.75, 3.05) is 25.0 Å². The highest BCUT2D eigenvalue weighted by Gasteiger charge is 2.22. The van der Waals surface area contributed by atoms with Gasteiger partial charge in [-0.3, -0.25) is 4.98 Å². The predicted octanol–water partition coefficient (Wildman–Crippen LogP) is 1.59. The number of rotatable bonds is 3. The van der Waals surface area contributed by atoms with Crippen molar-refractivity contribution in [3.8, 4) is 5.75 Å². The Labute approximate surface area is 105 Å². The van der Waals surface area contributed by atoms with Gasteiger partial charge in [0.25, 0.3) is 0 Å². The molecule has 0 aliphatic carbocycles. The van der Waals surface area contributed by atoms with Crippen LogP contribution in [0.15, 0.2) is 18.5 Å². The molecule has 0 aromatic carbocycles. The number of pyridine rings is 1. The third-order valence-electron chi connectivity index (χ3n) is 3.27. The Kier molecular flexibility index (Phi) is 3.86. The minimum Gasteiger partial charge on any atom is -0.504 e. The van der Waals surface area contributed by atoms with Crippen LogP contribution in [0.5, 0.6) is 5.75 Å². The van der Waals surface area contributed by atoms with E-state index in [-0.39, 0.29) is 5.75 Å². The quantitative estimate of drug-likeness (QED) is 0.759. The van der Waals surface area contributed by atoms with Crippen molar-refractivity contribution in [2.24, 2.45) is 5.92 Å². The van der Waals surface area contributed by atoms with Gasteiger partial charge < -0.3 is 20.4 Å². The lowest BCUT2D eigenvalue weighted by Crippen LogP contribution is -2.39. The maximum atomic E-state index is 10.8. The second kappa shape index (κ2) is 5.57.